The number of imidazole rings is 1. The molecule has 0 saturated carbocycles. The first-order valence-corrected chi connectivity index (χ1v) is 12.6. The van der Waals surface area contributed by atoms with Crippen LogP contribution in [0.15, 0.2) is 108 Å². The Bertz CT molecular complexity index is 1630. The predicted octanol–water partition coefficient (Wildman–Crippen LogP) is 6.37. The molecular formula is C32H27FN2O4. The van der Waals surface area contributed by atoms with E-state index in [1.807, 2.05) is 72.8 Å². The molecule has 1 heterocycles. The fraction of sp³-hybridized carbons (Fsp3) is 0.125. The Kier molecular flexibility index (Phi) is 7.68. The number of nitrogens with zero attached hydrogens (tertiary/aromatic N) is 1. The van der Waals surface area contributed by atoms with Gasteiger partial charge in [0.25, 0.3) is 0 Å². The highest BCUT2D eigenvalue weighted by molar-refractivity contribution is 5.96. The minimum Gasteiger partial charge on any atom is -0.497 e. The van der Waals surface area contributed by atoms with Crippen molar-refractivity contribution in [1.82, 2.24) is 9.55 Å². The molecule has 0 atom stereocenters. The van der Waals surface area contributed by atoms with Crippen LogP contribution in [-0.2, 0) is 13.0 Å². The van der Waals surface area contributed by atoms with Crippen LogP contribution in [0.25, 0.3) is 16.9 Å². The number of para-hydroxylation sites is 1. The zero-order valence-electron chi connectivity index (χ0n) is 21.4. The molecule has 0 aliphatic rings. The molecule has 0 aliphatic heterocycles. The van der Waals surface area contributed by atoms with Crippen LogP contribution in [0.4, 0.5) is 4.39 Å². The molecule has 6 nitrogen and oxygen atoms in total. The molecule has 5 rings (SSSR count). The van der Waals surface area contributed by atoms with Gasteiger partial charge < -0.3 is 14.5 Å². The van der Waals surface area contributed by atoms with Gasteiger partial charge in [0.2, 0.25) is 0 Å². The van der Waals surface area contributed by atoms with Gasteiger partial charge in [0, 0.05) is 29.3 Å². The van der Waals surface area contributed by atoms with Crippen molar-refractivity contribution in [3.63, 3.8) is 0 Å². The third-order valence-corrected chi connectivity index (χ3v) is 6.43. The van der Waals surface area contributed by atoms with Crippen LogP contribution < -0.4 is 15.2 Å². The molecule has 0 fully saturated rings. The van der Waals surface area contributed by atoms with Gasteiger partial charge in [0.15, 0.2) is 5.78 Å². The van der Waals surface area contributed by atoms with Gasteiger partial charge in [-0.05, 0) is 60.5 Å². The molecule has 5 aromatic rings. The number of nitrogens with one attached hydrogen (secondary N) is 1. The van der Waals surface area contributed by atoms with E-state index in [0.29, 0.717) is 46.3 Å². The minimum absolute atomic E-state index is 0.129. The van der Waals surface area contributed by atoms with Gasteiger partial charge in [-0.1, -0.05) is 48.5 Å². The van der Waals surface area contributed by atoms with E-state index in [2.05, 4.69) is 4.98 Å². The van der Waals surface area contributed by atoms with Crippen LogP contribution in [0.2, 0.25) is 0 Å². The Morgan fingerprint density at radius 3 is 2.28 bits per heavy atom. The second kappa shape index (κ2) is 11.6. The number of rotatable bonds is 10. The number of hydrogen-bond acceptors (Lipinski definition) is 4. The standard InChI is InChI=1S/C32H27FN2O4/c1-38-26-16-17-27(30(20-26)39-21-22-8-4-2-5-9-22)31-28(18-19-29(36)23-12-14-24(33)15-13-23)34-32(37)35(31)25-10-6-3-7-11-25/h2-17,20H,18-19,21H2,1H3,(H,34,37). The second-order valence-electron chi connectivity index (χ2n) is 8.99. The number of carbonyl (C=O) groups excluding carboxylic acids is 1. The Morgan fingerprint density at radius 2 is 1.59 bits per heavy atom. The van der Waals surface area contributed by atoms with Crippen molar-refractivity contribution in [3.05, 3.63) is 136 Å². The molecule has 0 unspecified atom stereocenters. The van der Waals surface area contributed by atoms with Gasteiger partial charge in [0.05, 0.1) is 18.5 Å². The second-order valence-corrected chi connectivity index (χ2v) is 8.99. The Balaban J connectivity index is 1.57. The lowest BCUT2D eigenvalue weighted by molar-refractivity contribution is 0.0982. The molecule has 0 aliphatic carbocycles. The normalized spacial score (nSPS) is 10.8. The van der Waals surface area contributed by atoms with Crippen molar-refractivity contribution in [2.24, 2.45) is 0 Å². The molecule has 0 saturated heterocycles. The van der Waals surface area contributed by atoms with Crippen LogP contribution >= 0.6 is 0 Å². The van der Waals surface area contributed by atoms with Crippen molar-refractivity contribution < 1.29 is 18.7 Å². The summed E-state index contributed by atoms with van der Waals surface area (Å²) in [6.07, 6.45) is 0.397. The average Bonchev–Trinajstić information content (AvgIpc) is 3.31. The number of aromatic nitrogens is 2. The zero-order valence-corrected chi connectivity index (χ0v) is 21.4. The number of ether oxygens (including phenoxy) is 2. The summed E-state index contributed by atoms with van der Waals surface area (Å²) in [5.74, 6) is 0.595. The van der Waals surface area contributed by atoms with Crippen molar-refractivity contribution >= 4 is 5.78 Å². The lowest BCUT2D eigenvalue weighted by Gasteiger charge is -2.16. The first kappa shape index (κ1) is 25.7. The molecule has 1 aromatic heterocycles. The zero-order chi connectivity index (χ0) is 27.2. The van der Waals surface area contributed by atoms with E-state index < -0.39 is 5.82 Å². The number of benzene rings is 4. The quantitative estimate of drug-likeness (QED) is 0.216. The monoisotopic (exact) mass is 522 g/mol. The maximum absolute atomic E-state index is 13.3. The Hall–Kier alpha value is -4.91. The summed E-state index contributed by atoms with van der Waals surface area (Å²) in [5.41, 5.74) is 3.63. The van der Waals surface area contributed by atoms with Gasteiger partial charge in [-0.15, -0.1) is 0 Å². The van der Waals surface area contributed by atoms with E-state index >= 15 is 0 Å². The summed E-state index contributed by atoms with van der Waals surface area (Å²) >= 11 is 0. The van der Waals surface area contributed by atoms with Crippen LogP contribution in [0.5, 0.6) is 11.5 Å². The van der Waals surface area contributed by atoms with E-state index in [1.165, 1.54) is 24.3 Å². The van der Waals surface area contributed by atoms with Crippen LogP contribution in [0, 0.1) is 5.82 Å². The lowest BCUT2D eigenvalue weighted by atomic mass is 10.0. The topological polar surface area (TPSA) is 73.3 Å². The molecule has 196 valence electrons. The molecule has 4 aromatic carbocycles. The average molecular weight is 523 g/mol. The molecule has 0 bridgehead atoms. The van der Waals surface area contributed by atoms with Gasteiger partial charge in [-0.2, -0.15) is 0 Å². The molecule has 0 amide bonds. The van der Waals surface area contributed by atoms with Crippen LogP contribution in [0.1, 0.15) is 28.0 Å². The maximum Gasteiger partial charge on any atom is 0.330 e. The molecule has 1 N–H and O–H groups in total. The third-order valence-electron chi connectivity index (χ3n) is 6.43. The van der Waals surface area contributed by atoms with Gasteiger partial charge >= 0.3 is 5.69 Å². The number of H-pyrrole nitrogens is 1. The van der Waals surface area contributed by atoms with Gasteiger partial charge in [-0.25, -0.2) is 9.18 Å². The summed E-state index contributed by atoms with van der Waals surface area (Å²) in [6, 6.07) is 30.0. The number of carbonyl (C=O) groups is 1. The van der Waals surface area contributed by atoms with E-state index in [-0.39, 0.29) is 24.3 Å². The number of Topliss-reactive ketones (excluding diaryl/α,β-unsaturated/α-hetero) is 1. The van der Waals surface area contributed by atoms with Crippen LogP contribution in [-0.4, -0.2) is 22.4 Å². The molecule has 0 radical (unpaired) electrons. The van der Waals surface area contributed by atoms with Crippen LogP contribution in [0.3, 0.4) is 0 Å². The highest BCUT2D eigenvalue weighted by Gasteiger charge is 2.22. The fourth-order valence-corrected chi connectivity index (χ4v) is 4.47. The summed E-state index contributed by atoms with van der Waals surface area (Å²) in [7, 11) is 1.58. The summed E-state index contributed by atoms with van der Waals surface area (Å²) in [6.45, 7) is 0.319. The number of ketones is 1. The highest BCUT2D eigenvalue weighted by Crippen LogP contribution is 2.36. The van der Waals surface area contributed by atoms with Crippen molar-refractivity contribution in [2.75, 3.05) is 7.11 Å². The van der Waals surface area contributed by atoms with E-state index in [0.717, 1.165) is 5.56 Å². The van der Waals surface area contributed by atoms with Gasteiger partial charge in [0.1, 0.15) is 23.9 Å². The summed E-state index contributed by atoms with van der Waals surface area (Å²) in [4.78, 5) is 29.2. The predicted molar refractivity (Wildman–Crippen MR) is 148 cm³/mol. The highest BCUT2D eigenvalue weighted by atomic mass is 19.1. The first-order valence-electron chi connectivity index (χ1n) is 12.6. The van der Waals surface area contributed by atoms with E-state index in [4.69, 9.17) is 9.47 Å². The molecular weight excluding hydrogens is 495 g/mol. The lowest BCUT2D eigenvalue weighted by Crippen LogP contribution is -2.15. The van der Waals surface area contributed by atoms with Gasteiger partial charge in [-0.3, -0.25) is 9.36 Å². The fourth-order valence-electron chi connectivity index (χ4n) is 4.47. The Labute approximate surface area is 225 Å². The van der Waals surface area contributed by atoms with Crippen molar-refractivity contribution in [3.8, 4) is 28.4 Å². The largest absolute Gasteiger partial charge is 0.497 e. The smallest absolute Gasteiger partial charge is 0.330 e. The van der Waals surface area contributed by atoms with E-state index in [9.17, 15) is 14.0 Å². The van der Waals surface area contributed by atoms with Crippen molar-refractivity contribution in [2.45, 2.75) is 19.4 Å². The third kappa shape index (κ3) is 5.83. The number of hydrogen-bond donors (Lipinski definition) is 1. The van der Waals surface area contributed by atoms with Crippen molar-refractivity contribution in [1.29, 1.82) is 0 Å². The Morgan fingerprint density at radius 1 is 0.897 bits per heavy atom. The maximum atomic E-state index is 13.3. The summed E-state index contributed by atoms with van der Waals surface area (Å²) < 4.78 is 26.7. The first-order chi connectivity index (χ1) is 19.0. The molecule has 7 heteroatoms. The SMILES string of the molecule is COc1ccc(-c2c(CCC(=O)c3ccc(F)cc3)[nH]c(=O)n2-c2ccccc2)c(OCc2ccccc2)c1. The number of aryl methyl sites for hydroxylation is 1. The van der Waals surface area contributed by atoms with E-state index in [1.54, 1.807) is 17.7 Å². The number of halogens is 1. The molecule has 0 spiro atoms. The summed E-state index contributed by atoms with van der Waals surface area (Å²) in [5, 5.41) is 0. The number of methoxy groups -OCH3 is 1. The molecule has 39 heavy (non-hydrogen) atoms. The number of aromatic amines is 1. The minimum atomic E-state index is -0.402.